The molecule has 3 nitrogen and oxygen atoms in total. The number of nitrogens with two attached hydrogens (primary N) is 1. The summed E-state index contributed by atoms with van der Waals surface area (Å²) in [7, 11) is 1.93. The highest BCUT2D eigenvalue weighted by atomic mass is 32.1. The van der Waals surface area contributed by atoms with Crippen LogP contribution in [0.15, 0.2) is 0 Å². The van der Waals surface area contributed by atoms with Crippen LogP contribution in [-0.2, 0) is 0 Å². The second-order valence-electron chi connectivity index (χ2n) is 5.75. The summed E-state index contributed by atoms with van der Waals surface area (Å²) in [6, 6.07) is 0.850. The van der Waals surface area contributed by atoms with Gasteiger partial charge in [0.05, 0.1) is 5.49 Å². The number of thiocarbonyl (C=S) groups is 1. The molecule has 0 aromatic rings. The minimum absolute atomic E-state index is 0.257. The summed E-state index contributed by atoms with van der Waals surface area (Å²) in [5.74, 6) is 5.81. The second-order valence-corrected chi connectivity index (χ2v) is 5.97. The number of rotatable bonds is 8. The van der Waals surface area contributed by atoms with Gasteiger partial charge in [-0.05, 0) is 39.0 Å². The van der Waals surface area contributed by atoms with Gasteiger partial charge in [-0.1, -0.05) is 26.1 Å². The first kappa shape index (κ1) is 16.8. The molecule has 0 rings (SSSR count). The molecule has 0 fully saturated rings. The van der Waals surface area contributed by atoms with Crippen LogP contribution < -0.4 is 5.84 Å². The van der Waals surface area contributed by atoms with Crippen molar-refractivity contribution in [2.75, 3.05) is 13.6 Å². The van der Waals surface area contributed by atoms with E-state index in [2.05, 4.69) is 39.5 Å². The van der Waals surface area contributed by atoms with E-state index in [1.807, 2.05) is 7.05 Å². The molecular weight excluding hydrogens is 230 g/mol. The zero-order valence-electron chi connectivity index (χ0n) is 12.2. The van der Waals surface area contributed by atoms with Crippen LogP contribution in [0.25, 0.3) is 0 Å². The van der Waals surface area contributed by atoms with Crippen molar-refractivity contribution in [2.24, 2.45) is 11.3 Å². The third kappa shape index (κ3) is 5.80. The van der Waals surface area contributed by atoms with Crippen molar-refractivity contribution in [2.45, 2.75) is 59.5 Å². The standard InChI is InChI=1S/C13H29N3S/c1-7-13(5,8-12(4)15(6)14)9-16(10-17)11(2)3/h10-12H,7-9,14H2,1-6H3. The Balaban J connectivity index is 4.60. The van der Waals surface area contributed by atoms with E-state index in [9.17, 15) is 0 Å². The summed E-state index contributed by atoms with van der Waals surface area (Å²) in [4.78, 5) is 2.24. The fourth-order valence-electron chi connectivity index (χ4n) is 1.96. The normalized spacial score (nSPS) is 17.0. The minimum Gasteiger partial charge on any atom is -0.366 e. The Morgan fingerprint density at radius 3 is 2.18 bits per heavy atom. The highest BCUT2D eigenvalue weighted by molar-refractivity contribution is 7.78. The van der Waals surface area contributed by atoms with Gasteiger partial charge in [-0.25, -0.2) is 5.01 Å². The van der Waals surface area contributed by atoms with Gasteiger partial charge in [-0.15, -0.1) is 0 Å². The van der Waals surface area contributed by atoms with Crippen LogP contribution in [0.2, 0.25) is 0 Å². The van der Waals surface area contributed by atoms with Crippen molar-refractivity contribution in [1.82, 2.24) is 9.91 Å². The third-order valence-electron chi connectivity index (χ3n) is 3.70. The first-order valence-corrected chi connectivity index (χ1v) is 6.91. The van der Waals surface area contributed by atoms with Crippen LogP contribution >= 0.6 is 12.2 Å². The maximum atomic E-state index is 5.81. The van der Waals surface area contributed by atoms with Gasteiger partial charge in [0.1, 0.15) is 0 Å². The minimum atomic E-state index is 0.257. The lowest BCUT2D eigenvalue weighted by atomic mass is 9.80. The number of hydrogen-bond acceptors (Lipinski definition) is 3. The molecule has 0 radical (unpaired) electrons. The quantitative estimate of drug-likeness (QED) is 0.413. The van der Waals surface area contributed by atoms with Crippen molar-refractivity contribution in [3.05, 3.63) is 0 Å². The molecule has 2 atom stereocenters. The molecule has 2 unspecified atom stereocenters. The van der Waals surface area contributed by atoms with E-state index < -0.39 is 0 Å². The molecule has 0 aromatic carbocycles. The fraction of sp³-hybridized carbons (Fsp3) is 0.923. The van der Waals surface area contributed by atoms with E-state index in [1.54, 1.807) is 10.5 Å². The Morgan fingerprint density at radius 1 is 1.35 bits per heavy atom. The third-order valence-corrected chi connectivity index (χ3v) is 3.97. The van der Waals surface area contributed by atoms with E-state index in [1.165, 1.54) is 0 Å². The number of hydrazine groups is 1. The van der Waals surface area contributed by atoms with Gasteiger partial charge < -0.3 is 4.90 Å². The van der Waals surface area contributed by atoms with Crippen molar-refractivity contribution in [1.29, 1.82) is 0 Å². The lowest BCUT2D eigenvalue weighted by Crippen LogP contribution is -2.44. The number of nitrogens with zero attached hydrogens (tertiary/aromatic N) is 2. The second kappa shape index (κ2) is 7.29. The number of hydrogen-bond donors (Lipinski definition) is 1. The average molecular weight is 259 g/mol. The van der Waals surface area contributed by atoms with Crippen molar-refractivity contribution in [3.63, 3.8) is 0 Å². The lowest BCUT2D eigenvalue weighted by molar-refractivity contribution is 0.132. The van der Waals surface area contributed by atoms with Gasteiger partial charge in [-0.3, -0.25) is 5.84 Å². The van der Waals surface area contributed by atoms with Gasteiger partial charge in [-0.2, -0.15) is 0 Å². The van der Waals surface area contributed by atoms with Crippen LogP contribution in [0.5, 0.6) is 0 Å². The van der Waals surface area contributed by atoms with Crippen LogP contribution in [0.1, 0.15) is 47.5 Å². The van der Waals surface area contributed by atoms with Gasteiger partial charge in [0, 0.05) is 25.7 Å². The van der Waals surface area contributed by atoms with E-state index in [0.29, 0.717) is 12.1 Å². The molecule has 102 valence electrons. The molecule has 0 aliphatic carbocycles. The summed E-state index contributed by atoms with van der Waals surface area (Å²) < 4.78 is 0. The summed E-state index contributed by atoms with van der Waals surface area (Å²) in [5, 5.41) is 1.80. The Kier molecular flexibility index (Phi) is 7.21. The predicted octanol–water partition coefficient (Wildman–Crippen LogP) is 2.65. The van der Waals surface area contributed by atoms with E-state index in [-0.39, 0.29) is 5.41 Å². The molecular formula is C13H29N3S. The SMILES string of the molecule is CCC(C)(CC(C)N(C)N)CN(C=S)C(C)C. The topological polar surface area (TPSA) is 32.5 Å². The van der Waals surface area contributed by atoms with Crippen molar-refractivity contribution >= 4 is 17.7 Å². The van der Waals surface area contributed by atoms with Gasteiger partial charge >= 0.3 is 0 Å². The van der Waals surface area contributed by atoms with Crippen molar-refractivity contribution < 1.29 is 0 Å². The molecule has 17 heavy (non-hydrogen) atoms. The maximum Gasteiger partial charge on any atom is 0.0643 e. The van der Waals surface area contributed by atoms with Crippen LogP contribution in [0.4, 0.5) is 0 Å². The Bertz CT molecular complexity index is 231. The molecule has 0 amide bonds. The molecule has 2 N–H and O–H groups in total. The summed E-state index contributed by atoms with van der Waals surface area (Å²) in [6.07, 6.45) is 2.22. The molecule has 0 aromatic heterocycles. The Labute approximate surface area is 112 Å². The fourth-order valence-corrected chi connectivity index (χ4v) is 2.28. The molecule has 0 aliphatic rings. The molecule has 0 bridgehead atoms. The molecule has 0 spiro atoms. The largest absolute Gasteiger partial charge is 0.366 e. The smallest absolute Gasteiger partial charge is 0.0643 e. The highest BCUT2D eigenvalue weighted by Gasteiger charge is 2.28. The Morgan fingerprint density at radius 2 is 1.88 bits per heavy atom. The highest BCUT2D eigenvalue weighted by Crippen LogP contribution is 2.29. The molecule has 0 heterocycles. The molecule has 4 heteroatoms. The van der Waals surface area contributed by atoms with Crippen LogP contribution in [-0.4, -0.2) is 41.1 Å². The van der Waals surface area contributed by atoms with Crippen molar-refractivity contribution in [3.8, 4) is 0 Å². The van der Waals surface area contributed by atoms with Gasteiger partial charge in [0.25, 0.3) is 0 Å². The monoisotopic (exact) mass is 259 g/mol. The van der Waals surface area contributed by atoms with Crippen LogP contribution in [0, 0.1) is 5.41 Å². The van der Waals surface area contributed by atoms with E-state index in [0.717, 1.165) is 19.4 Å². The maximum absolute atomic E-state index is 5.81. The van der Waals surface area contributed by atoms with Gasteiger partial charge in [0.15, 0.2) is 0 Å². The van der Waals surface area contributed by atoms with E-state index >= 15 is 0 Å². The predicted molar refractivity (Wildman–Crippen MR) is 79.9 cm³/mol. The summed E-state index contributed by atoms with van der Waals surface area (Å²) in [6.45, 7) is 12.1. The molecule has 0 aliphatic heterocycles. The summed E-state index contributed by atoms with van der Waals surface area (Å²) >= 11 is 5.10. The van der Waals surface area contributed by atoms with Crippen LogP contribution in [0.3, 0.4) is 0 Å². The first-order valence-electron chi connectivity index (χ1n) is 6.44. The van der Waals surface area contributed by atoms with Gasteiger partial charge in [0.2, 0.25) is 0 Å². The van der Waals surface area contributed by atoms with E-state index in [4.69, 9.17) is 18.1 Å². The first-order chi connectivity index (χ1) is 7.75. The lowest BCUT2D eigenvalue weighted by Gasteiger charge is -2.38. The zero-order valence-corrected chi connectivity index (χ0v) is 13.0. The average Bonchev–Trinajstić information content (AvgIpc) is 2.25. The Hall–Kier alpha value is -0.190. The summed E-state index contributed by atoms with van der Waals surface area (Å²) in [5.41, 5.74) is 2.04. The molecule has 0 saturated heterocycles. The molecule has 0 saturated carbocycles. The zero-order chi connectivity index (χ0) is 13.6.